The number of phosphoric acid groups is 1. The molecule has 46 heavy (non-hydrogen) atoms. The van der Waals surface area contributed by atoms with Gasteiger partial charge < -0.3 is 24.0 Å². The van der Waals surface area contributed by atoms with Gasteiger partial charge in [-0.05, 0) is 38.5 Å². The third-order valence-corrected chi connectivity index (χ3v) is 8.94. The number of allylic oxidation sites excluding steroid dienone is 1. The number of carbonyl (C=O) groups is 2. The molecular weight excluding hydrogens is 607 g/mol. The molecule has 1 fully saturated rings. The topological polar surface area (TPSA) is 132 Å². The quantitative estimate of drug-likeness (QED) is 0.0230. The summed E-state index contributed by atoms with van der Waals surface area (Å²) < 4.78 is 32.1. The van der Waals surface area contributed by atoms with Gasteiger partial charge in [-0.15, -0.1) is 0 Å². The van der Waals surface area contributed by atoms with Crippen LogP contribution in [0.4, 0.5) is 0 Å². The SMILES string of the molecule is CCCCC/C=C\CC1OC1CCCCCCCC(=O)O[C@H](COC(=O)CCCCCCCCCCCCCC)COP(=O)(O)O. The number of phosphoric ester groups is 1. The van der Waals surface area contributed by atoms with Gasteiger partial charge in [0.15, 0.2) is 6.10 Å². The van der Waals surface area contributed by atoms with Crippen LogP contribution < -0.4 is 0 Å². The molecule has 0 amide bonds. The van der Waals surface area contributed by atoms with E-state index in [1.807, 2.05) is 0 Å². The summed E-state index contributed by atoms with van der Waals surface area (Å²) in [6, 6.07) is 0. The number of ether oxygens (including phenoxy) is 3. The van der Waals surface area contributed by atoms with Crippen LogP contribution in [0.25, 0.3) is 0 Å². The second-order valence-electron chi connectivity index (χ2n) is 12.9. The Bertz CT molecular complexity index is 828. The van der Waals surface area contributed by atoms with E-state index in [-0.39, 0.29) is 19.4 Å². The second kappa shape index (κ2) is 28.7. The average molecular weight is 675 g/mol. The molecule has 0 radical (unpaired) electrons. The lowest BCUT2D eigenvalue weighted by atomic mass is 10.0. The van der Waals surface area contributed by atoms with E-state index in [0.29, 0.717) is 18.6 Å². The van der Waals surface area contributed by atoms with Crippen molar-refractivity contribution in [2.45, 2.75) is 193 Å². The van der Waals surface area contributed by atoms with Crippen LogP contribution in [-0.2, 0) is 32.9 Å². The molecule has 9 nitrogen and oxygen atoms in total. The third-order valence-electron chi connectivity index (χ3n) is 8.46. The number of carbonyl (C=O) groups excluding carboxylic acids is 2. The van der Waals surface area contributed by atoms with Crippen LogP contribution in [0.15, 0.2) is 12.2 Å². The molecule has 3 atom stereocenters. The highest BCUT2D eigenvalue weighted by molar-refractivity contribution is 7.46. The molecule has 1 aliphatic heterocycles. The second-order valence-corrected chi connectivity index (χ2v) is 14.2. The predicted octanol–water partition coefficient (Wildman–Crippen LogP) is 9.67. The molecule has 0 aromatic heterocycles. The van der Waals surface area contributed by atoms with Crippen molar-refractivity contribution in [3.63, 3.8) is 0 Å². The standard InChI is InChI=1S/C36H67O9P/c1-3-5-7-9-11-12-13-14-15-16-20-24-28-35(37)42-30-32(31-43-46(39,40)41)44-36(38)29-25-21-17-19-23-27-34-33(45-34)26-22-18-10-8-6-4-2/h18,22,32-34H,3-17,19-21,23-31H2,1-2H3,(H2,39,40,41)/b22-18-/t32-,33?,34?/m1/s1. The molecule has 1 heterocycles. The number of hydrogen-bond donors (Lipinski definition) is 2. The Morgan fingerprint density at radius 3 is 1.78 bits per heavy atom. The van der Waals surface area contributed by atoms with Gasteiger partial charge >= 0.3 is 19.8 Å². The van der Waals surface area contributed by atoms with Gasteiger partial charge in [0, 0.05) is 12.8 Å². The van der Waals surface area contributed by atoms with E-state index >= 15 is 0 Å². The molecule has 270 valence electrons. The molecule has 0 saturated carbocycles. The van der Waals surface area contributed by atoms with Crippen molar-refractivity contribution in [2.75, 3.05) is 13.2 Å². The minimum Gasteiger partial charge on any atom is -0.462 e. The van der Waals surface area contributed by atoms with Crippen molar-refractivity contribution in [3.05, 3.63) is 12.2 Å². The average Bonchev–Trinajstić information content (AvgIpc) is 3.77. The largest absolute Gasteiger partial charge is 0.469 e. The summed E-state index contributed by atoms with van der Waals surface area (Å²) in [4.78, 5) is 42.7. The summed E-state index contributed by atoms with van der Waals surface area (Å²) in [6.07, 6.45) is 30.9. The molecule has 0 aromatic rings. The first-order chi connectivity index (χ1) is 22.2. The molecule has 1 aliphatic rings. The van der Waals surface area contributed by atoms with Gasteiger partial charge in [0.25, 0.3) is 0 Å². The van der Waals surface area contributed by atoms with Crippen LogP contribution in [-0.4, -0.2) is 53.3 Å². The van der Waals surface area contributed by atoms with Crippen molar-refractivity contribution in [1.82, 2.24) is 0 Å². The zero-order valence-corrected chi connectivity index (χ0v) is 30.1. The lowest BCUT2D eigenvalue weighted by Crippen LogP contribution is -2.29. The highest BCUT2D eigenvalue weighted by Gasteiger charge is 2.36. The fourth-order valence-electron chi connectivity index (χ4n) is 5.56. The van der Waals surface area contributed by atoms with Crippen molar-refractivity contribution in [3.8, 4) is 0 Å². The van der Waals surface area contributed by atoms with E-state index in [0.717, 1.165) is 64.2 Å². The van der Waals surface area contributed by atoms with Gasteiger partial charge in [0.05, 0.1) is 18.8 Å². The zero-order chi connectivity index (χ0) is 33.7. The number of epoxide rings is 1. The number of rotatable bonds is 33. The third kappa shape index (κ3) is 27.8. The lowest BCUT2D eigenvalue weighted by Gasteiger charge is -2.18. The van der Waals surface area contributed by atoms with E-state index in [2.05, 4.69) is 30.5 Å². The maximum atomic E-state index is 12.4. The first kappa shape index (κ1) is 42.8. The zero-order valence-electron chi connectivity index (χ0n) is 29.2. The fraction of sp³-hybridized carbons (Fsp3) is 0.889. The van der Waals surface area contributed by atoms with Crippen LogP contribution in [0, 0.1) is 0 Å². The molecule has 0 aliphatic carbocycles. The van der Waals surface area contributed by atoms with E-state index in [1.165, 1.54) is 77.0 Å². The van der Waals surface area contributed by atoms with Crippen LogP contribution in [0.1, 0.15) is 174 Å². The van der Waals surface area contributed by atoms with Crippen LogP contribution in [0.2, 0.25) is 0 Å². The summed E-state index contributed by atoms with van der Waals surface area (Å²) >= 11 is 0. The Labute approximate surface area is 280 Å². The van der Waals surface area contributed by atoms with Gasteiger partial charge in [-0.1, -0.05) is 135 Å². The van der Waals surface area contributed by atoms with Crippen molar-refractivity contribution in [2.24, 2.45) is 0 Å². The summed E-state index contributed by atoms with van der Waals surface area (Å²) in [6.45, 7) is 3.62. The minimum atomic E-state index is -4.75. The lowest BCUT2D eigenvalue weighted by molar-refractivity contribution is -0.161. The monoisotopic (exact) mass is 674 g/mol. The Morgan fingerprint density at radius 1 is 0.674 bits per heavy atom. The Kier molecular flexibility index (Phi) is 26.7. The highest BCUT2D eigenvalue weighted by atomic mass is 31.2. The van der Waals surface area contributed by atoms with Crippen molar-refractivity contribution in [1.29, 1.82) is 0 Å². The van der Waals surface area contributed by atoms with Gasteiger partial charge in [0.1, 0.15) is 6.61 Å². The predicted molar refractivity (Wildman–Crippen MR) is 183 cm³/mol. The van der Waals surface area contributed by atoms with Crippen molar-refractivity contribution < 1.29 is 42.7 Å². The van der Waals surface area contributed by atoms with E-state index in [4.69, 9.17) is 24.0 Å². The maximum Gasteiger partial charge on any atom is 0.469 e. The first-order valence-corrected chi connectivity index (χ1v) is 20.1. The Balaban J connectivity index is 2.10. The molecule has 10 heteroatoms. The number of unbranched alkanes of at least 4 members (excludes halogenated alkanes) is 18. The smallest absolute Gasteiger partial charge is 0.462 e. The molecule has 0 aromatic carbocycles. The fourth-order valence-corrected chi connectivity index (χ4v) is 5.92. The molecule has 0 spiro atoms. The summed E-state index contributed by atoms with van der Waals surface area (Å²) in [5, 5.41) is 0. The van der Waals surface area contributed by atoms with Gasteiger partial charge in [-0.25, -0.2) is 4.57 Å². The molecule has 1 rings (SSSR count). The molecule has 1 saturated heterocycles. The first-order valence-electron chi connectivity index (χ1n) is 18.6. The highest BCUT2D eigenvalue weighted by Crippen LogP contribution is 2.36. The Morgan fingerprint density at radius 2 is 1.20 bits per heavy atom. The van der Waals surface area contributed by atoms with Gasteiger partial charge in [0.2, 0.25) is 0 Å². The summed E-state index contributed by atoms with van der Waals surface area (Å²) in [5.74, 6) is -0.903. The molecule has 0 bridgehead atoms. The molecule has 2 unspecified atom stereocenters. The molecular formula is C36H67O9P. The van der Waals surface area contributed by atoms with Crippen molar-refractivity contribution >= 4 is 19.8 Å². The van der Waals surface area contributed by atoms with Crippen LogP contribution in [0.3, 0.4) is 0 Å². The van der Waals surface area contributed by atoms with E-state index in [9.17, 15) is 14.2 Å². The summed E-state index contributed by atoms with van der Waals surface area (Å²) in [7, 11) is -4.75. The van der Waals surface area contributed by atoms with Crippen LogP contribution >= 0.6 is 7.82 Å². The normalized spacial score (nSPS) is 17.0. The number of esters is 2. The molecule has 2 N–H and O–H groups in total. The van der Waals surface area contributed by atoms with Crippen LogP contribution in [0.5, 0.6) is 0 Å². The van der Waals surface area contributed by atoms with E-state index in [1.54, 1.807) is 0 Å². The van der Waals surface area contributed by atoms with Gasteiger partial charge in [-0.2, -0.15) is 0 Å². The Hall–Kier alpha value is -1.25. The van der Waals surface area contributed by atoms with Gasteiger partial charge in [-0.3, -0.25) is 14.1 Å². The minimum absolute atomic E-state index is 0.192. The number of hydrogen-bond acceptors (Lipinski definition) is 7. The van der Waals surface area contributed by atoms with E-state index < -0.39 is 32.5 Å². The summed E-state index contributed by atoms with van der Waals surface area (Å²) in [5.41, 5.74) is 0. The maximum absolute atomic E-state index is 12.4.